The summed E-state index contributed by atoms with van der Waals surface area (Å²) < 4.78 is 28.3. The second kappa shape index (κ2) is 7.36. The van der Waals surface area contributed by atoms with Gasteiger partial charge in [0.1, 0.15) is 5.75 Å². The van der Waals surface area contributed by atoms with Gasteiger partial charge in [-0.1, -0.05) is 0 Å². The lowest BCUT2D eigenvalue weighted by atomic mass is 10.0. The zero-order valence-corrected chi connectivity index (χ0v) is 12.1. The topological polar surface area (TPSA) is 42.8 Å². The number of hydrogen-bond acceptors (Lipinski definition) is 2. The summed E-state index contributed by atoms with van der Waals surface area (Å²) in [6.07, 6.45) is 3.55. The van der Waals surface area contributed by atoms with Gasteiger partial charge in [-0.15, -0.1) is 0 Å². The lowest BCUT2D eigenvalue weighted by molar-refractivity contribution is -0.920. The molecule has 6 heteroatoms. The number of alkyl halides is 2. The van der Waals surface area contributed by atoms with Crippen molar-refractivity contribution in [1.29, 1.82) is 0 Å². The molecule has 1 aliphatic rings. The summed E-state index contributed by atoms with van der Waals surface area (Å²) in [5.74, 6) is 0.0274. The van der Waals surface area contributed by atoms with Gasteiger partial charge in [0.25, 0.3) is 5.91 Å². The maximum absolute atomic E-state index is 12.0. The van der Waals surface area contributed by atoms with Gasteiger partial charge in [0.2, 0.25) is 0 Å². The van der Waals surface area contributed by atoms with E-state index in [0.717, 1.165) is 19.4 Å². The van der Waals surface area contributed by atoms with Gasteiger partial charge >= 0.3 is 6.61 Å². The molecular weight excluding hydrogens is 278 g/mol. The molecule has 1 aromatic rings. The standard InChI is InChI=1S/C15H20F2N2O2/c1-11-4-2-3-9-19(11)10-14(20)18-12-5-7-13(8-6-12)21-15(16)17/h5-8,11,15H,2-4,9-10H2,1H3,(H,18,20)/p+1/t11-/m0/s1. The molecule has 1 amide bonds. The number of nitrogens with one attached hydrogen (secondary N) is 2. The molecule has 0 saturated carbocycles. The highest BCUT2D eigenvalue weighted by molar-refractivity contribution is 5.91. The number of rotatable bonds is 5. The normalized spacial score (nSPS) is 22.1. The Morgan fingerprint density at radius 2 is 2.10 bits per heavy atom. The molecule has 1 unspecified atom stereocenters. The van der Waals surface area contributed by atoms with E-state index >= 15 is 0 Å². The molecule has 1 aromatic carbocycles. The number of quaternary nitrogens is 1. The number of benzene rings is 1. The van der Waals surface area contributed by atoms with Crippen LogP contribution in [0.3, 0.4) is 0 Å². The minimum absolute atomic E-state index is 0.0544. The third-order valence-corrected chi connectivity index (χ3v) is 3.83. The third kappa shape index (κ3) is 4.97. The molecule has 0 radical (unpaired) electrons. The Morgan fingerprint density at radius 3 is 2.71 bits per heavy atom. The van der Waals surface area contributed by atoms with Gasteiger partial charge in [-0.2, -0.15) is 8.78 Å². The quantitative estimate of drug-likeness (QED) is 0.869. The van der Waals surface area contributed by atoms with Crippen molar-refractivity contribution in [2.45, 2.75) is 38.8 Å². The maximum Gasteiger partial charge on any atom is 0.387 e. The molecule has 1 heterocycles. The van der Waals surface area contributed by atoms with Crippen LogP contribution in [-0.2, 0) is 4.79 Å². The number of ether oxygens (including phenoxy) is 1. The molecule has 116 valence electrons. The number of amides is 1. The molecule has 0 bridgehead atoms. The molecule has 1 fully saturated rings. The van der Waals surface area contributed by atoms with E-state index in [-0.39, 0.29) is 11.7 Å². The second-order valence-electron chi connectivity index (χ2n) is 5.43. The van der Waals surface area contributed by atoms with Crippen LogP contribution in [0.15, 0.2) is 24.3 Å². The average Bonchev–Trinajstić information content (AvgIpc) is 2.43. The van der Waals surface area contributed by atoms with E-state index < -0.39 is 6.61 Å². The lowest BCUT2D eigenvalue weighted by Gasteiger charge is -2.29. The van der Waals surface area contributed by atoms with Crippen LogP contribution in [0.2, 0.25) is 0 Å². The number of anilines is 1. The minimum atomic E-state index is -2.84. The van der Waals surface area contributed by atoms with Crippen molar-refractivity contribution in [3.05, 3.63) is 24.3 Å². The van der Waals surface area contributed by atoms with Crippen molar-refractivity contribution < 1.29 is 23.2 Å². The highest BCUT2D eigenvalue weighted by atomic mass is 19.3. The Balaban J connectivity index is 1.84. The summed E-state index contributed by atoms with van der Waals surface area (Å²) in [5.41, 5.74) is 0.589. The molecule has 21 heavy (non-hydrogen) atoms. The Hall–Kier alpha value is -1.69. The zero-order valence-electron chi connectivity index (χ0n) is 12.1. The van der Waals surface area contributed by atoms with E-state index in [9.17, 15) is 13.6 Å². The lowest BCUT2D eigenvalue weighted by Crippen LogP contribution is -3.17. The molecule has 0 aromatic heterocycles. The van der Waals surface area contributed by atoms with Crippen molar-refractivity contribution in [3.8, 4) is 5.75 Å². The molecule has 1 saturated heterocycles. The average molecular weight is 299 g/mol. The smallest absolute Gasteiger partial charge is 0.387 e. The summed E-state index contributed by atoms with van der Waals surface area (Å²) in [6.45, 7) is 0.791. The molecule has 2 rings (SSSR count). The summed E-state index contributed by atoms with van der Waals surface area (Å²) >= 11 is 0. The fourth-order valence-corrected chi connectivity index (χ4v) is 2.65. The van der Waals surface area contributed by atoms with Gasteiger partial charge in [0, 0.05) is 5.69 Å². The van der Waals surface area contributed by atoms with E-state index in [1.54, 1.807) is 12.1 Å². The predicted octanol–water partition coefficient (Wildman–Crippen LogP) is 1.68. The van der Waals surface area contributed by atoms with Gasteiger partial charge in [-0.05, 0) is 50.5 Å². The molecule has 0 spiro atoms. The first kappa shape index (κ1) is 15.7. The molecule has 4 nitrogen and oxygen atoms in total. The van der Waals surface area contributed by atoms with Gasteiger partial charge < -0.3 is 15.0 Å². The molecule has 0 aliphatic carbocycles. The first-order valence-electron chi connectivity index (χ1n) is 7.24. The number of hydrogen-bond donors (Lipinski definition) is 2. The van der Waals surface area contributed by atoms with E-state index in [1.807, 2.05) is 0 Å². The zero-order chi connectivity index (χ0) is 15.2. The monoisotopic (exact) mass is 299 g/mol. The van der Waals surface area contributed by atoms with Crippen molar-refractivity contribution in [2.75, 3.05) is 18.4 Å². The highest BCUT2D eigenvalue weighted by Crippen LogP contribution is 2.17. The van der Waals surface area contributed by atoms with E-state index in [1.165, 1.54) is 23.5 Å². The van der Waals surface area contributed by atoms with Gasteiger partial charge in [-0.25, -0.2) is 0 Å². The summed E-state index contributed by atoms with van der Waals surface area (Å²) in [7, 11) is 0. The third-order valence-electron chi connectivity index (χ3n) is 3.83. The van der Waals surface area contributed by atoms with Crippen LogP contribution in [0.4, 0.5) is 14.5 Å². The largest absolute Gasteiger partial charge is 0.435 e. The summed E-state index contributed by atoms with van der Waals surface area (Å²) in [4.78, 5) is 13.3. The number of piperidine rings is 1. The number of carbonyl (C=O) groups is 1. The Kier molecular flexibility index (Phi) is 5.50. The maximum atomic E-state index is 12.0. The summed E-state index contributed by atoms with van der Waals surface area (Å²) in [5, 5.41) is 2.79. The Morgan fingerprint density at radius 1 is 1.38 bits per heavy atom. The van der Waals surface area contributed by atoms with Crippen LogP contribution >= 0.6 is 0 Å². The van der Waals surface area contributed by atoms with Gasteiger partial charge in [-0.3, -0.25) is 4.79 Å². The van der Waals surface area contributed by atoms with Crippen LogP contribution in [0.5, 0.6) is 5.75 Å². The van der Waals surface area contributed by atoms with Crippen molar-refractivity contribution in [2.24, 2.45) is 0 Å². The van der Waals surface area contributed by atoms with Crippen LogP contribution in [0.25, 0.3) is 0 Å². The highest BCUT2D eigenvalue weighted by Gasteiger charge is 2.24. The fourth-order valence-electron chi connectivity index (χ4n) is 2.65. The molecule has 1 aliphatic heterocycles. The summed E-state index contributed by atoms with van der Waals surface area (Å²) in [6, 6.07) is 6.46. The Bertz CT molecular complexity index is 465. The van der Waals surface area contributed by atoms with Crippen LogP contribution in [0, 0.1) is 0 Å². The fraction of sp³-hybridized carbons (Fsp3) is 0.533. The van der Waals surface area contributed by atoms with E-state index in [2.05, 4.69) is 17.0 Å². The van der Waals surface area contributed by atoms with Crippen molar-refractivity contribution >= 4 is 11.6 Å². The number of halogens is 2. The van der Waals surface area contributed by atoms with E-state index in [4.69, 9.17) is 0 Å². The van der Waals surface area contributed by atoms with Crippen LogP contribution < -0.4 is 15.0 Å². The number of carbonyl (C=O) groups excluding carboxylic acids is 1. The van der Waals surface area contributed by atoms with Gasteiger partial charge in [0.15, 0.2) is 6.54 Å². The predicted molar refractivity (Wildman–Crippen MR) is 75.7 cm³/mol. The molecular formula is C15H21F2N2O2+. The SMILES string of the molecule is C[C@H]1CCCC[NH+]1CC(=O)Nc1ccc(OC(F)F)cc1. The van der Waals surface area contributed by atoms with Crippen molar-refractivity contribution in [3.63, 3.8) is 0 Å². The van der Waals surface area contributed by atoms with E-state index in [0.29, 0.717) is 18.3 Å². The minimum Gasteiger partial charge on any atom is -0.435 e. The number of likely N-dealkylation sites (tertiary alicyclic amines) is 1. The van der Waals surface area contributed by atoms with Crippen LogP contribution in [0.1, 0.15) is 26.2 Å². The molecule has 2 N–H and O–H groups in total. The van der Waals surface area contributed by atoms with Crippen LogP contribution in [-0.4, -0.2) is 31.7 Å². The first-order chi connectivity index (χ1) is 10.0. The van der Waals surface area contributed by atoms with Crippen molar-refractivity contribution in [1.82, 2.24) is 0 Å². The molecule has 2 atom stereocenters. The second-order valence-corrected chi connectivity index (χ2v) is 5.43. The van der Waals surface area contributed by atoms with Gasteiger partial charge in [0.05, 0.1) is 12.6 Å². The first-order valence-corrected chi connectivity index (χ1v) is 7.24. The Labute approximate surface area is 123 Å².